The number of aryl methyl sites for hydroxylation is 2. The summed E-state index contributed by atoms with van der Waals surface area (Å²) >= 11 is 0. The molecule has 0 radical (unpaired) electrons. The zero-order valence-electron chi connectivity index (χ0n) is 14.5. The van der Waals surface area contributed by atoms with Gasteiger partial charge in [0.2, 0.25) is 5.91 Å². The Kier molecular flexibility index (Phi) is 4.93. The Morgan fingerprint density at radius 2 is 1.76 bits per heavy atom. The Balaban J connectivity index is 1.80. The summed E-state index contributed by atoms with van der Waals surface area (Å²) in [4.78, 5) is 33.6. The number of carbonyl (C=O) groups excluding carboxylic acids is 2. The Bertz CT molecular complexity index is 898. The summed E-state index contributed by atoms with van der Waals surface area (Å²) in [6.07, 6.45) is 1.50. The molecule has 0 fully saturated rings. The summed E-state index contributed by atoms with van der Waals surface area (Å²) in [5, 5.41) is 0. The molecule has 1 heterocycles. The summed E-state index contributed by atoms with van der Waals surface area (Å²) in [6, 6.07) is 15.7. The molecule has 0 saturated carbocycles. The number of aromatic nitrogens is 2. The number of nitrogens with one attached hydrogen (secondary N) is 1. The summed E-state index contributed by atoms with van der Waals surface area (Å²) in [6.45, 7) is 0. The standard InChI is InChI=1S/C20H21N3O2/c1-23(2)19(25)13-17(24)15-9-6-10-16-20(15)22-18(21-16)12-11-14-7-4-3-5-8-14/h3-10H,11-13H2,1-2H3,(H,21,22). The van der Waals surface area contributed by atoms with Crippen LogP contribution in [0.1, 0.15) is 28.2 Å². The van der Waals surface area contributed by atoms with E-state index in [0.717, 1.165) is 24.2 Å². The largest absolute Gasteiger partial charge is 0.348 e. The lowest BCUT2D eigenvalue weighted by Gasteiger charge is -2.09. The molecular weight excluding hydrogens is 314 g/mol. The van der Waals surface area contributed by atoms with Crippen LogP contribution in [0.2, 0.25) is 0 Å². The fourth-order valence-electron chi connectivity index (χ4n) is 2.72. The van der Waals surface area contributed by atoms with Gasteiger partial charge in [0.25, 0.3) is 0 Å². The molecule has 128 valence electrons. The molecule has 5 heteroatoms. The van der Waals surface area contributed by atoms with Crippen molar-refractivity contribution in [1.29, 1.82) is 0 Å². The first-order valence-corrected chi connectivity index (χ1v) is 8.29. The second kappa shape index (κ2) is 7.30. The highest BCUT2D eigenvalue weighted by Crippen LogP contribution is 2.19. The van der Waals surface area contributed by atoms with Gasteiger partial charge in [-0.25, -0.2) is 4.98 Å². The number of benzene rings is 2. The van der Waals surface area contributed by atoms with Crippen LogP contribution in [0.4, 0.5) is 0 Å². The van der Waals surface area contributed by atoms with Crippen molar-refractivity contribution in [1.82, 2.24) is 14.9 Å². The Morgan fingerprint density at radius 1 is 1.00 bits per heavy atom. The number of aromatic amines is 1. The number of Topliss-reactive ketones (excluding diaryl/α,β-unsaturated/α-hetero) is 1. The second-order valence-corrected chi connectivity index (χ2v) is 6.26. The predicted molar refractivity (Wildman–Crippen MR) is 97.6 cm³/mol. The Labute approximate surface area is 146 Å². The van der Waals surface area contributed by atoms with Gasteiger partial charge < -0.3 is 9.88 Å². The van der Waals surface area contributed by atoms with Crippen molar-refractivity contribution in [3.8, 4) is 0 Å². The number of hydrogen-bond acceptors (Lipinski definition) is 3. The van der Waals surface area contributed by atoms with Gasteiger partial charge in [-0.15, -0.1) is 0 Å². The maximum atomic E-state index is 12.5. The van der Waals surface area contributed by atoms with Gasteiger partial charge in [-0.1, -0.05) is 36.4 Å². The van der Waals surface area contributed by atoms with Crippen LogP contribution >= 0.6 is 0 Å². The number of amides is 1. The molecule has 5 nitrogen and oxygen atoms in total. The van der Waals surface area contributed by atoms with Gasteiger partial charge >= 0.3 is 0 Å². The minimum absolute atomic E-state index is 0.141. The second-order valence-electron chi connectivity index (χ2n) is 6.26. The number of rotatable bonds is 6. The van der Waals surface area contributed by atoms with E-state index >= 15 is 0 Å². The van der Waals surface area contributed by atoms with Gasteiger partial charge in [-0.2, -0.15) is 0 Å². The molecule has 1 amide bonds. The fraction of sp³-hybridized carbons (Fsp3) is 0.250. The molecule has 0 atom stereocenters. The van der Waals surface area contributed by atoms with Gasteiger partial charge in [-0.3, -0.25) is 9.59 Å². The van der Waals surface area contributed by atoms with E-state index in [4.69, 9.17) is 0 Å². The van der Waals surface area contributed by atoms with Crippen molar-refractivity contribution in [2.75, 3.05) is 14.1 Å². The molecule has 1 aromatic heterocycles. The van der Waals surface area contributed by atoms with Crippen LogP contribution in [0.3, 0.4) is 0 Å². The minimum atomic E-state index is -0.207. The first-order valence-electron chi connectivity index (χ1n) is 8.29. The Morgan fingerprint density at radius 3 is 2.48 bits per heavy atom. The van der Waals surface area contributed by atoms with E-state index in [1.54, 1.807) is 20.2 Å². The summed E-state index contributed by atoms with van der Waals surface area (Å²) in [5.74, 6) is 0.435. The van der Waals surface area contributed by atoms with Crippen LogP contribution in [0, 0.1) is 0 Å². The first-order chi connectivity index (χ1) is 12.0. The molecule has 3 aromatic rings. The molecule has 2 aromatic carbocycles. The van der Waals surface area contributed by atoms with Crippen LogP contribution in [0.25, 0.3) is 11.0 Å². The smallest absolute Gasteiger partial charge is 0.229 e. The van der Waals surface area contributed by atoms with Crippen LogP contribution in [-0.2, 0) is 17.6 Å². The maximum absolute atomic E-state index is 12.5. The predicted octanol–water partition coefficient (Wildman–Crippen LogP) is 3.01. The molecular formula is C20H21N3O2. The van der Waals surface area contributed by atoms with Crippen molar-refractivity contribution in [3.05, 3.63) is 65.5 Å². The SMILES string of the molecule is CN(C)C(=O)CC(=O)c1cccc2[nH]c(CCc3ccccc3)nc12. The number of carbonyl (C=O) groups is 2. The summed E-state index contributed by atoms with van der Waals surface area (Å²) < 4.78 is 0. The molecule has 0 unspecified atom stereocenters. The summed E-state index contributed by atoms with van der Waals surface area (Å²) in [5.41, 5.74) is 3.21. The van der Waals surface area contributed by atoms with E-state index in [1.807, 2.05) is 30.3 Å². The summed E-state index contributed by atoms with van der Waals surface area (Å²) in [7, 11) is 3.29. The van der Waals surface area contributed by atoms with Gasteiger partial charge in [0.15, 0.2) is 5.78 Å². The fourth-order valence-corrected chi connectivity index (χ4v) is 2.72. The van der Waals surface area contributed by atoms with E-state index < -0.39 is 0 Å². The molecule has 25 heavy (non-hydrogen) atoms. The third-order valence-electron chi connectivity index (χ3n) is 4.17. The lowest BCUT2D eigenvalue weighted by atomic mass is 10.1. The molecule has 0 aliphatic heterocycles. The quantitative estimate of drug-likeness (QED) is 0.556. The van der Waals surface area contributed by atoms with Crippen LogP contribution in [-0.4, -0.2) is 40.7 Å². The molecule has 3 rings (SSSR count). The molecule has 0 aliphatic carbocycles. The van der Waals surface area contributed by atoms with Crippen molar-refractivity contribution >= 4 is 22.7 Å². The average Bonchev–Trinajstić information content (AvgIpc) is 3.03. The van der Waals surface area contributed by atoms with Crippen LogP contribution in [0.15, 0.2) is 48.5 Å². The normalized spacial score (nSPS) is 10.8. The number of hydrogen-bond donors (Lipinski definition) is 1. The molecule has 0 bridgehead atoms. The maximum Gasteiger partial charge on any atom is 0.229 e. The zero-order valence-corrected chi connectivity index (χ0v) is 14.5. The number of imidazole rings is 1. The number of H-pyrrole nitrogens is 1. The number of ketones is 1. The number of nitrogens with zero attached hydrogens (tertiary/aromatic N) is 2. The van der Waals surface area contributed by atoms with E-state index in [1.165, 1.54) is 10.5 Å². The van der Waals surface area contributed by atoms with Crippen LogP contribution in [0.5, 0.6) is 0 Å². The van der Waals surface area contributed by atoms with Gasteiger partial charge in [-0.05, 0) is 24.1 Å². The van der Waals surface area contributed by atoms with Crippen molar-refractivity contribution in [3.63, 3.8) is 0 Å². The van der Waals surface area contributed by atoms with E-state index in [2.05, 4.69) is 22.1 Å². The minimum Gasteiger partial charge on any atom is -0.348 e. The number of para-hydroxylation sites is 1. The lowest BCUT2D eigenvalue weighted by molar-refractivity contribution is -0.127. The van der Waals surface area contributed by atoms with Crippen molar-refractivity contribution in [2.45, 2.75) is 19.3 Å². The van der Waals surface area contributed by atoms with E-state index in [0.29, 0.717) is 11.1 Å². The van der Waals surface area contributed by atoms with Crippen LogP contribution < -0.4 is 0 Å². The lowest BCUT2D eigenvalue weighted by Crippen LogP contribution is -2.24. The highest BCUT2D eigenvalue weighted by molar-refractivity contribution is 6.12. The third kappa shape index (κ3) is 3.94. The molecule has 0 aliphatic rings. The topological polar surface area (TPSA) is 66.1 Å². The molecule has 0 saturated heterocycles. The molecule has 1 N–H and O–H groups in total. The highest BCUT2D eigenvalue weighted by Gasteiger charge is 2.17. The van der Waals surface area contributed by atoms with E-state index in [-0.39, 0.29) is 18.1 Å². The zero-order chi connectivity index (χ0) is 17.8. The first kappa shape index (κ1) is 16.9. The van der Waals surface area contributed by atoms with Crippen molar-refractivity contribution < 1.29 is 9.59 Å². The van der Waals surface area contributed by atoms with Gasteiger partial charge in [0, 0.05) is 26.1 Å². The average molecular weight is 335 g/mol. The molecule has 0 spiro atoms. The van der Waals surface area contributed by atoms with Gasteiger partial charge in [0.05, 0.1) is 17.5 Å². The van der Waals surface area contributed by atoms with Gasteiger partial charge in [0.1, 0.15) is 5.82 Å². The third-order valence-corrected chi connectivity index (χ3v) is 4.17. The Hall–Kier alpha value is -2.95. The highest BCUT2D eigenvalue weighted by atomic mass is 16.2. The van der Waals surface area contributed by atoms with Crippen molar-refractivity contribution in [2.24, 2.45) is 0 Å². The monoisotopic (exact) mass is 335 g/mol. The number of fused-ring (bicyclic) bond motifs is 1. The van der Waals surface area contributed by atoms with E-state index in [9.17, 15) is 9.59 Å².